The maximum absolute atomic E-state index is 11.1. The molecule has 4 rings (SSSR count). The van der Waals surface area contributed by atoms with Gasteiger partial charge in [0.25, 0.3) is 0 Å². The molecule has 2 heterocycles. The van der Waals surface area contributed by atoms with E-state index in [1.165, 1.54) is 19.8 Å². The highest BCUT2D eigenvalue weighted by atomic mass is 16.1. The van der Waals surface area contributed by atoms with E-state index in [1.54, 1.807) is 0 Å². The molecular formula is C19H23N5O. The Morgan fingerprint density at radius 2 is 1.76 bits per heavy atom. The largest absolute Gasteiger partial charge is 0.353 e. The molecule has 1 aromatic carbocycles. The zero-order valence-corrected chi connectivity index (χ0v) is 14.5. The first kappa shape index (κ1) is 16.0. The first-order chi connectivity index (χ1) is 12.2. The lowest BCUT2D eigenvalue weighted by Crippen LogP contribution is -2.47. The number of rotatable bonds is 4. The van der Waals surface area contributed by atoms with Gasteiger partial charge in [-0.1, -0.05) is 12.1 Å². The highest BCUT2D eigenvalue weighted by Gasteiger charge is 2.31. The maximum atomic E-state index is 11.1. The number of hydrogen-bond acceptors (Lipinski definition) is 5. The van der Waals surface area contributed by atoms with Gasteiger partial charge in [-0.15, -0.1) is 0 Å². The molecule has 0 bridgehead atoms. The van der Waals surface area contributed by atoms with Crippen molar-refractivity contribution in [3.63, 3.8) is 0 Å². The Labute approximate surface area is 147 Å². The van der Waals surface area contributed by atoms with Gasteiger partial charge in [0.15, 0.2) is 0 Å². The number of hydrogen-bond donors (Lipinski definition) is 1. The van der Waals surface area contributed by atoms with Crippen LogP contribution in [0, 0.1) is 0 Å². The van der Waals surface area contributed by atoms with Gasteiger partial charge in [-0.05, 0) is 25.0 Å². The van der Waals surface area contributed by atoms with E-state index in [2.05, 4.69) is 25.1 Å². The lowest BCUT2D eigenvalue weighted by molar-refractivity contribution is -0.114. The van der Waals surface area contributed by atoms with E-state index in [9.17, 15) is 4.79 Å². The van der Waals surface area contributed by atoms with Gasteiger partial charge in [0.1, 0.15) is 5.82 Å². The molecule has 6 heteroatoms. The molecule has 130 valence electrons. The fraction of sp³-hybridized carbons (Fsp3) is 0.421. The molecule has 1 saturated heterocycles. The van der Waals surface area contributed by atoms with Crippen LogP contribution in [-0.4, -0.2) is 53.0 Å². The van der Waals surface area contributed by atoms with Crippen molar-refractivity contribution < 1.29 is 4.79 Å². The van der Waals surface area contributed by atoms with Crippen LogP contribution in [0.1, 0.15) is 19.8 Å². The van der Waals surface area contributed by atoms with Crippen molar-refractivity contribution in [2.45, 2.75) is 25.8 Å². The second kappa shape index (κ2) is 6.80. The molecule has 0 unspecified atom stereocenters. The Balaban J connectivity index is 1.40. The molecule has 0 spiro atoms. The van der Waals surface area contributed by atoms with Gasteiger partial charge in [-0.3, -0.25) is 14.7 Å². The summed E-state index contributed by atoms with van der Waals surface area (Å²) in [6.45, 7) is 5.80. The van der Waals surface area contributed by atoms with E-state index >= 15 is 0 Å². The van der Waals surface area contributed by atoms with Gasteiger partial charge >= 0.3 is 0 Å². The Morgan fingerprint density at radius 1 is 1.04 bits per heavy atom. The van der Waals surface area contributed by atoms with Gasteiger partial charge < -0.3 is 10.2 Å². The van der Waals surface area contributed by atoms with Crippen LogP contribution in [-0.2, 0) is 4.79 Å². The summed E-state index contributed by atoms with van der Waals surface area (Å²) in [6.07, 6.45) is 6.43. The molecule has 2 aromatic rings. The van der Waals surface area contributed by atoms with Crippen LogP contribution in [0.2, 0.25) is 0 Å². The highest BCUT2D eigenvalue weighted by Crippen LogP contribution is 2.28. The van der Waals surface area contributed by atoms with E-state index in [0.717, 1.165) is 55.0 Å². The molecule has 2 fully saturated rings. The van der Waals surface area contributed by atoms with Gasteiger partial charge in [0.2, 0.25) is 5.91 Å². The predicted octanol–water partition coefficient (Wildman–Crippen LogP) is 2.39. The van der Waals surface area contributed by atoms with E-state index < -0.39 is 0 Å². The molecule has 1 amide bonds. The molecule has 6 nitrogen and oxygen atoms in total. The second-order valence-corrected chi connectivity index (χ2v) is 6.77. The molecule has 2 aliphatic rings. The van der Waals surface area contributed by atoms with Gasteiger partial charge in [-0.2, -0.15) is 0 Å². The number of aromatic nitrogens is 2. The van der Waals surface area contributed by atoms with E-state index in [4.69, 9.17) is 0 Å². The number of anilines is 2. The SMILES string of the molecule is CC(=O)Nc1ccc(-c2cnc(N3CCN(C4CC4)CC3)cn2)cc1. The average molecular weight is 337 g/mol. The third kappa shape index (κ3) is 3.79. The molecule has 1 aromatic heterocycles. The van der Waals surface area contributed by atoms with Crippen LogP contribution in [0.25, 0.3) is 11.3 Å². The van der Waals surface area contributed by atoms with Crippen molar-refractivity contribution >= 4 is 17.4 Å². The van der Waals surface area contributed by atoms with Crippen molar-refractivity contribution in [1.82, 2.24) is 14.9 Å². The lowest BCUT2D eigenvalue weighted by atomic mass is 10.1. The summed E-state index contributed by atoms with van der Waals surface area (Å²) in [6, 6.07) is 8.50. The minimum Gasteiger partial charge on any atom is -0.353 e. The zero-order valence-electron chi connectivity index (χ0n) is 14.5. The van der Waals surface area contributed by atoms with Crippen molar-refractivity contribution in [2.75, 3.05) is 36.4 Å². The number of amides is 1. The fourth-order valence-electron chi connectivity index (χ4n) is 3.32. The number of nitrogens with one attached hydrogen (secondary N) is 1. The number of piperazine rings is 1. The molecule has 0 radical (unpaired) electrons. The Bertz CT molecular complexity index is 731. The third-order valence-corrected chi connectivity index (χ3v) is 4.84. The van der Waals surface area contributed by atoms with Crippen molar-refractivity contribution in [1.29, 1.82) is 0 Å². The van der Waals surface area contributed by atoms with Crippen molar-refractivity contribution in [3.8, 4) is 11.3 Å². The van der Waals surface area contributed by atoms with Crippen LogP contribution < -0.4 is 10.2 Å². The second-order valence-electron chi connectivity index (χ2n) is 6.77. The molecule has 1 aliphatic carbocycles. The van der Waals surface area contributed by atoms with Crippen LogP contribution in [0.15, 0.2) is 36.7 Å². The fourth-order valence-corrected chi connectivity index (χ4v) is 3.32. The molecule has 1 aliphatic heterocycles. The third-order valence-electron chi connectivity index (χ3n) is 4.84. The lowest BCUT2D eigenvalue weighted by Gasteiger charge is -2.35. The normalized spacial score (nSPS) is 18.2. The quantitative estimate of drug-likeness (QED) is 0.928. The van der Waals surface area contributed by atoms with E-state index in [-0.39, 0.29) is 5.91 Å². The summed E-state index contributed by atoms with van der Waals surface area (Å²) in [5.41, 5.74) is 2.62. The number of nitrogens with zero attached hydrogens (tertiary/aromatic N) is 4. The smallest absolute Gasteiger partial charge is 0.221 e. The summed E-state index contributed by atoms with van der Waals surface area (Å²) in [5.74, 6) is 0.882. The number of carbonyl (C=O) groups is 1. The van der Waals surface area contributed by atoms with Crippen LogP contribution >= 0.6 is 0 Å². The van der Waals surface area contributed by atoms with E-state index in [1.807, 2.05) is 36.7 Å². The topological polar surface area (TPSA) is 61.4 Å². The van der Waals surface area contributed by atoms with Crippen molar-refractivity contribution in [3.05, 3.63) is 36.7 Å². The van der Waals surface area contributed by atoms with Gasteiger partial charge in [0.05, 0.1) is 18.1 Å². The summed E-state index contributed by atoms with van der Waals surface area (Å²) < 4.78 is 0. The minimum absolute atomic E-state index is 0.0707. The van der Waals surface area contributed by atoms with Gasteiger partial charge in [0, 0.05) is 50.4 Å². The highest BCUT2D eigenvalue weighted by molar-refractivity contribution is 5.88. The number of carbonyl (C=O) groups excluding carboxylic acids is 1. The Kier molecular flexibility index (Phi) is 4.36. The van der Waals surface area contributed by atoms with Crippen LogP contribution in [0.5, 0.6) is 0 Å². The minimum atomic E-state index is -0.0707. The van der Waals surface area contributed by atoms with Crippen molar-refractivity contribution in [2.24, 2.45) is 0 Å². The number of benzene rings is 1. The molecule has 0 atom stereocenters. The Hall–Kier alpha value is -2.47. The molecule has 25 heavy (non-hydrogen) atoms. The predicted molar refractivity (Wildman–Crippen MR) is 98.6 cm³/mol. The zero-order chi connectivity index (χ0) is 17.2. The standard InChI is InChI=1S/C19H23N5O/c1-14(25)22-16-4-2-15(3-5-16)18-12-21-19(13-20-18)24-10-8-23(9-11-24)17-6-7-17/h2-5,12-13,17H,6-11H2,1H3,(H,22,25). The van der Waals surface area contributed by atoms with E-state index in [0.29, 0.717) is 0 Å². The summed E-state index contributed by atoms with van der Waals surface area (Å²) in [5, 5.41) is 2.77. The summed E-state index contributed by atoms with van der Waals surface area (Å²) >= 11 is 0. The average Bonchev–Trinajstić information content (AvgIpc) is 3.47. The molecule has 1 N–H and O–H groups in total. The summed E-state index contributed by atoms with van der Waals surface area (Å²) in [7, 11) is 0. The Morgan fingerprint density at radius 3 is 2.32 bits per heavy atom. The van der Waals surface area contributed by atoms with Crippen LogP contribution in [0.4, 0.5) is 11.5 Å². The first-order valence-corrected chi connectivity index (χ1v) is 8.88. The van der Waals surface area contributed by atoms with Gasteiger partial charge in [-0.25, -0.2) is 4.98 Å². The molecule has 1 saturated carbocycles. The summed E-state index contributed by atoms with van der Waals surface area (Å²) in [4.78, 5) is 25.2. The first-order valence-electron chi connectivity index (χ1n) is 8.88. The molecular weight excluding hydrogens is 314 g/mol. The monoisotopic (exact) mass is 337 g/mol. The van der Waals surface area contributed by atoms with Crippen LogP contribution in [0.3, 0.4) is 0 Å². The maximum Gasteiger partial charge on any atom is 0.221 e.